The molecule has 0 saturated carbocycles. The Labute approximate surface area is 107 Å². The maximum atomic E-state index is 11.8. The van der Waals surface area contributed by atoms with Crippen molar-refractivity contribution in [2.75, 3.05) is 17.1 Å². The van der Waals surface area contributed by atoms with E-state index in [9.17, 15) is 8.42 Å². The van der Waals surface area contributed by atoms with E-state index in [0.717, 1.165) is 0 Å². The second-order valence-corrected chi connectivity index (χ2v) is 5.99. The highest BCUT2D eigenvalue weighted by molar-refractivity contribution is 7.92. The molecule has 0 fully saturated rings. The van der Waals surface area contributed by atoms with Crippen LogP contribution in [0.2, 0.25) is 0 Å². The number of hydrogen-bond acceptors (Lipinski definition) is 4. The van der Waals surface area contributed by atoms with Crippen molar-refractivity contribution in [3.05, 3.63) is 24.3 Å². The molecular formula is C12H16N2O3S. The molecule has 5 nitrogen and oxygen atoms in total. The molecule has 0 unspecified atom stereocenters. The summed E-state index contributed by atoms with van der Waals surface area (Å²) < 4.78 is 31.2. The molecule has 0 aliphatic heterocycles. The van der Waals surface area contributed by atoms with Crippen LogP contribution in [0.3, 0.4) is 0 Å². The molecule has 18 heavy (non-hydrogen) atoms. The zero-order chi connectivity index (χ0) is 13.6. The first-order valence-corrected chi connectivity index (χ1v) is 7.19. The van der Waals surface area contributed by atoms with Gasteiger partial charge in [-0.1, -0.05) is 26.0 Å². The van der Waals surface area contributed by atoms with Gasteiger partial charge in [0.25, 0.3) is 0 Å². The molecule has 0 radical (unpaired) electrons. The van der Waals surface area contributed by atoms with Crippen LogP contribution in [0.15, 0.2) is 24.3 Å². The molecule has 6 heteroatoms. The highest BCUT2D eigenvalue weighted by Crippen LogP contribution is 2.25. The van der Waals surface area contributed by atoms with E-state index in [1.807, 2.05) is 19.9 Å². The summed E-state index contributed by atoms with van der Waals surface area (Å²) in [5, 5.41) is 8.46. The monoisotopic (exact) mass is 268 g/mol. The smallest absolute Gasteiger partial charge is 0.233 e. The van der Waals surface area contributed by atoms with Gasteiger partial charge in [-0.3, -0.25) is 4.72 Å². The van der Waals surface area contributed by atoms with Gasteiger partial charge in [-0.2, -0.15) is 5.26 Å². The molecule has 0 spiro atoms. The molecule has 0 amide bonds. The minimum atomic E-state index is -3.39. The van der Waals surface area contributed by atoms with E-state index in [4.69, 9.17) is 10.00 Å². The Kier molecular flexibility index (Phi) is 4.98. The highest BCUT2D eigenvalue weighted by atomic mass is 32.2. The Morgan fingerprint density at radius 3 is 2.67 bits per heavy atom. The summed E-state index contributed by atoms with van der Waals surface area (Å²) >= 11 is 0. The van der Waals surface area contributed by atoms with Crippen molar-refractivity contribution >= 4 is 15.7 Å². The van der Waals surface area contributed by atoms with Crippen molar-refractivity contribution in [3.8, 4) is 11.8 Å². The van der Waals surface area contributed by atoms with Crippen LogP contribution >= 0.6 is 0 Å². The molecule has 1 aromatic carbocycles. The second kappa shape index (κ2) is 6.26. The van der Waals surface area contributed by atoms with Gasteiger partial charge in [0, 0.05) is 0 Å². The zero-order valence-electron chi connectivity index (χ0n) is 10.4. The van der Waals surface area contributed by atoms with Gasteiger partial charge < -0.3 is 4.74 Å². The lowest BCUT2D eigenvalue weighted by atomic mass is 10.3. The third kappa shape index (κ3) is 4.63. The predicted octanol–water partition coefficient (Wildman–Crippen LogP) is 1.99. The van der Waals surface area contributed by atoms with Gasteiger partial charge in [-0.15, -0.1) is 0 Å². The molecule has 0 aliphatic carbocycles. The molecular weight excluding hydrogens is 252 g/mol. The van der Waals surface area contributed by atoms with E-state index in [-0.39, 0.29) is 18.3 Å². The number of ether oxygens (including phenoxy) is 1. The van der Waals surface area contributed by atoms with Crippen molar-refractivity contribution in [1.29, 1.82) is 5.26 Å². The number of nitrogens with zero attached hydrogens (tertiary/aromatic N) is 1. The van der Waals surface area contributed by atoms with Gasteiger partial charge >= 0.3 is 0 Å². The van der Waals surface area contributed by atoms with Crippen LogP contribution < -0.4 is 9.46 Å². The van der Waals surface area contributed by atoms with Crippen molar-refractivity contribution in [2.45, 2.75) is 13.8 Å². The van der Waals surface area contributed by atoms with Gasteiger partial charge in [0.1, 0.15) is 11.8 Å². The number of anilines is 1. The van der Waals surface area contributed by atoms with Crippen LogP contribution in [0.1, 0.15) is 13.8 Å². The number of benzene rings is 1. The van der Waals surface area contributed by atoms with Crippen LogP contribution in [-0.2, 0) is 10.0 Å². The third-order valence-corrected chi connectivity index (χ3v) is 3.63. The Morgan fingerprint density at radius 2 is 2.06 bits per heavy atom. The molecule has 0 bridgehead atoms. The van der Waals surface area contributed by atoms with E-state index >= 15 is 0 Å². The van der Waals surface area contributed by atoms with Crippen LogP contribution in [0.4, 0.5) is 5.69 Å². The second-order valence-electron chi connectivity index (χ2n) is 4.22. The molecule has 1 aromatic rings. The van der Waals surface area contributed by atoms with Crippen molar-refractivity contribution in [2.24, 2.45) is 5.92 Å². The molecule has 1 N–H and O–H groups in total. The molecule has 0 atom stereocenters. The molecule has 1 rings (SSSR count). The van der Waals surface area contributed by atoms with Crippen LogP contribution in [0.25, 0.3) is 0 Å². The average Bonchev–Trinajstić information content (AvgIpc) is 2.25. The van der Waals surface area contributed by atoms with E-state index in [0.29, 0.717) is 11.4 Å². The number of rotatable bonds is 6. The Hall–Kier alpha value is -1.74. The lowest BCUT2D eigenvalue weighted by Crippen LogP contribution is -2.20. The van der Waals surface area contributed by atoms with E-state index in [1.165, 1.54) is 0 Å². The molecule has 0 aromatic heterocycles. The highest BCUT2D eigenvalue weighted by Gasteiger charge is 2.15. The predicted molar refractivity (Wildman–Crippen MR) is 69.8 cm³/mol. The Morgan fingerprint density at radius 1 is 1.39 bits per heavy atom. The largest absolute Gasteiger partial charge is 0.477 e. The fourth-order valence-corrected chi connectivity index (χ4v) is 2.90. The number of nitriles is 1. The number of sulfonamides is 1. The SMILES string of the molecule is CC(C)CS(=O)(=O)Nc1ccccc1OCC#N. The topological polar surface area (TPSA) is 79.2 Å². The quantitative estimate of drug-likeness (QED) is 0.855. The first-order chi connectivity index (χ1) is 8.44. The first kappa shape index (κ1) is 14.3. The lowest BCUT2D eigenvalue weighted by Gasteiger charge is -2.13. The average molecular weight is 268 g/mol. The fourth-order valence-electron chi connectivity index (χ4n) is 1.43. The van der Waals surface area contributed by atoms with E-state index in [2.05, 4.69) is 4.72 Å². The maximum absolute atomic E-state index is 11.8. The lowest BCUT2D eigenvalue weighted by molar-refractivity contribution is 0.370. The minimum absolute atomic E-state index is 0.0367. The zero-order valence-corrected chi connectivity index (χ0v) is 11.2. The van der Waals surface area contributed by atoms with Crippen molar-refractivity contribution in [1.82, 2.24) is 0 Å². The van der Waals surface area contributed by atoms with Gasteiger partial charge in [0.15, 0.2) is 6.61 Å². The van der Waals surface area contributed by atoms with Crippen molar-refractivity contribution in [3.63, 3.8) is 0 Å². The summed E-state index contributed by atoms with van der Waals surface area (Å²) in [7, 11) is -3.39. The molecule has 0 aliphatic rings. The van der Waals surface area contributed by atoms with E-state index in [1.54, 1.807) is 24.3 Å². The summed E-state index contributed by atoms with van der Waals surface area (Å²) in [4.78, 5) is 0. The molecule has 98 valence electrons. The number of para-hydroxylation sites is 2. The van der Waals surface area contributed by atoms with Crippen LogP contribution in [0, 0.1) is 17.2 Å². The third-order valence-electron chi connectivity index (χ3n) is 2.00. The fraction of sp³-hybridized carbons (Fsp3) is 0.417. The number of hydrogen-bond donors (Lipinski definition) is 1. The molecule has 0 saturated heterocycles. The summed E-state index contributed by atoms with van der Waals surface area (Å²) in [6, 6.07) is 8.47. The summed E-state index contributed by atoms with van der Waals surface area (Å²) in [5.74, 6) is 0.431. The number of nitrogens with one attached hydrogen (secondary N) is 1. The Bertz CT molecular complexity index is 532. The first-order valence-electron chi connectivity index (χ1n) is 5.54. The maximum Gasteiger partial charge on any atom is 0.233 e. The van der Waals surface area contributed by atoms with Crippen molar-refractivity contribution < 1.29 is 13.2 Å². The van der Waals surface area contributed by atoms with E-state index < -0.39 is 10.0 Å². The van der Waals surface area contributed by atoms with Gasteiger partial charge in [-0.05, 0) is 18.1 Å². The van der Waals surface area contributed by atoms with Gasteiger partial charge in [0.2, 0.25) is 10.0 Å². The Balaban J connectivity index is 2.87. The summed E-state index contributed by atoms with van der Waals surface area (Å²) in [5.41, 5.74) is 0.355. The minimum Gasteiger partial charge on any atom is -0.477 e. The van der Waals surface area contributed by atoms with Gasteiger partial charge in [0.05, 0.1) is 11.4 Å². The van der Waals surface area contributed by atoms with Gasteiger partial charge in [-0.25, -0.2) is 8.42 Å². The standard InChI is InChI=1S/C12H16N2O3S/c1-10(2)9-18(15,16)14-11-5-3-4-6-12(11)17-8-7-13/h3-6,10,14H,8-9H2,1-2H3. The molecule has 0 heterocycles. The summed E-state index contributed by atoms with van der Waals surface area (Å²) in [6.07, 6.45) is 0. The normalized spacial score (nSPS) is 11.0. The summed E-state index contributed by atoms with van der Waals surface area (Å²) in [6.45, 7) is 3.54. The van der Waals surface area contributed by atoms with Crippen LogP contribution in [-0.4, -0.2) is 20.8 Å². The van der Waals surface area contributed by atoms with Crippen LogP contribution in [0.5, 0.6) is 5.75 Å².